The van der Waals surface area contributed by atoms with Crippen molar-refractivity contribution in [3.05, 3.63) is 48.5 Å². The molecule has 1 aromatic carbocycles. The maximum absolute atomic E-state index is 12.0. The molecule has 1 heterocycles. The first-order valence-electron chi connectivity index (χ1n) is 5.37. The number of carbonyl (C=O) groups is 1. The van der Waals surface area contributed by atoms with E-state index in [0.717, 1.165) is 5.75 Å². The van der Waals surface area contributed by atoms with Gasteiger partial charge in [-0.2, -0.15) is 0 Å². The van der Waals surface area contributed by atoms with E-state index in [0.29, 0.717) is 12.1 Å². The predicted octanol–water partition coefficient (Wildman–Crippen LogP) is 1.20. The van der Waals surface area contributed by atoms with E-state index in [-0.39, 0.29) is 5.78 Å². The van der Waals surface area contributed by atoms with Crippen LogP contribution >= 0.6 is 0 Å². The van der Waals surface area contributed by atoms with Gasteiger partial charge in [-0.1, -0.05) is 0 Å². The van der Waals surface area contributed by atoms with Crippen molar-refractivity contribution < 1.29 is 14.1 Å². The first kappa shape index (κ1) is 11.4. The Balaban J connectivity index is 2.09. The van der Waals surface area contributed by atoms with E-state index >= 15 is 0 Å². The molecule has 0 aliphatic rings. The predicted molar refractivity (Wildman–Crippen MR) is 62.9 cm³/mol. The smallest absolute Gasteiger partial charge is 0.243 e. The van der Waals surface area contributed by atoms with Crippen LogP contribution in [0.3, 0.4) is 0 Å². The highest BCUT2D eigenvalue weighted by molar-refractivity contribution is 5.95. The highest BCUT2D eigenvalue weighted by Crippen LogP contribution is 2.12. The fourth-order valence-electron chi connectivity index (χ4n) is 1.63. The number of imidazole rings is 1. The first-order chi connectivity index (χ1) is 8.19. The summed E-state index contributed by atoms with van der Waals surface area (Å²) < 4.78 is 8.81. The van der Waals surface area contributed by atoms with E-state index in [1.165, 1.54) is 0 Å². The zero-order chi connectivity index (χ0) is 12.3. The van der Waals surface area contributed by atoms with Crippen molar-refractivity contribution in [3.63, 3.8) is 0 Å². The molecule has 4 nitrogen and oxygen atoms in total. The molecule has 0 radical (unpaired) electrons. The average Bonchev–Trinajstić information content (AvgIpc) is 2.75. The molecule has 0 fully saturated rings. The topological polar surface area (TPSA) is 35.1 Å². The molecule has 0 N–H and O–H groups in total. The Morgan fingerprint density at radius 1 is 1.35 bits per heavy atom. The molecule has 88 valence electrons. The minimum absolute atomic E-state index is 0.0869. The minimum atomic E-state index is 0.0869. The zero-order valence-corrected chi connectivity index (χ0v) is 9.96. The van der Waals surface area contributed by atoms with E-state index in [2.05, 4.69) is 0 Å². The minimum Gasteiger partial charge on any atom is -0.497 e. The van der Waals surface area contributed by atoms with E-state index in [1.807, 2.05) is 34.9 Å². The van der Waals surface area contributed by atoms with Crippen molar-refractivity contribution in [2.75, 3.05) is 7.11 Å². The number of benzene rings is 1. The van der Waals surface area contributed by atoms with Crippen LogP contribution < -0.4 is 9.30 Å². The standard InChI is InChI=1S/C13H15N2O2/c1-14-7-8-15(10-14)9-13(16)11-3-5-12(17-2)6-4-11/h3-8,10H,9H2,1-2H3/q+1. The first-order valence-corrected chi connectivity index (χ1v) is 5.37. The second-order valence-corrected chi connectivity index (χ2v) is 3.90. The van der Waals surface area contributed by atoms with Gasteiger partial charge in [0.05, 0.1) is 14.2 Å². The molecule has 0 saturated heterocycles. The lowest BCUT2D eigenvalue weighted by molar-refractivity contribution is -0.671. The Hall–Kier alpha value is -2.10. The Kier molecular flexibility index (Phi) is 3.23. The zero-order valence-electron chi connectivity index (χ0n) is 9.96. The summed E-state index contributed by atoms with van der Waals surface area (Å²) in [5.74, 6) is 0.845. The van der Waals surface area contributed by atoms with Gasteiger partial charge >= 0.3 is 0 Å². The number of methoxy groups -OCH3 is 1. The van der Waals surface area contributed by atoms with Crippen molar-refractivity contribution in [1.82, 2.24) is 4.57 Å². The number of rotatable bonds is 4. The number of carbonyl (C=O) groups excluding carboxylic acids is 1. The van der Waals surface area contributed by atoms with Gasteiger partial charge in [0.1, 0.15) is 18.1 Å². The summed E-state index contributed by atoms with van der Waals surface area (Å²) >= 11 is 0. The second kappa shape index (κ2) is 4.82. The van der Waals surface area contributed by atoms with Crippen LogP contribution in [0.25, 0.3) is 0 Å². The highest BCUT2D eigenvalue weighted by atomic mass is 16.5. The van der Waals surface area contributed by atoms with Gasteiger partial charge in [0.2, 0.25) is 12.1 Å². The van der Waals surface area contributed by atoms with Crippen LogP contribution in [0.2, 0.25) is 0 Å². The highest BCUT2D eigenvalue weighted by Gasteiger charge is 2.10. The number of nitrogens with zero attached hydrogens (tertiary/aromatic N) is 2. The number of Topliss-reactive ketones (excluding diaryl/α,β-unsaturated/α-hetero) is 1. The molecule has 17 heavy (non-hydrogen) atoms. The van der Waals surface area contributed by atoms with Crippen LogP contribution in [0.1, 0.15) is 10.4 Å². The number of hydrogen-bond donors (Lipinski definition) is 0. The number of aromatic nitrogens is 2. The van der Waals surface area contributed by atoms with Crippen LogP contribution in [0.4, 0.5) is 0 Å². The molecule has 2 rings (SSSR count). The fourth-order valence-corrected chi connectivity index (χ4v) is 1.63. The maximum Gasteiger partial charge on any atom is 0.243 e. The molecule has 0 spiro atoms. The van der Waals surface area contributed by atoms with Gasteiger partial charge in [-0.05, 0) is 24.3 Å². The van der Waals surface area contributed by atoms with Gasteiger partial charge in [-0.3, -0.25) is 4.79 Å². The Bertz CT molecular complexity index is 514. The van der Waals surface area contributed by atoms with Gasteiger partial charge in [-0.15, -0.1) is 0 Å². The van der Waals surface area contributed by atoms with Crippen LogP contribution in [-0.4, -0.2) is 17.5 Å². The molecule has 0 aliphatic heterocycles. The molecule has 1 aromatic heterocycles. The van der Waals surface area contributed by atoms with Gasteiger partial charge in [0.15, 0.2) is 6.54 Å². The SMILES string of the molecule is COc1ccc(C(=O)Cn2cc[n+](C)c2)cc1. The van der Waals surface area contributed by atoms with Gasteiger partial charge in [0.25, 0.3) is 0 Å². The number of aryl methyl sites for hydroxylation is 1. The third-order valence-corrected chi connectivity index (χ3v) is 2.56. The van der Waals surface area contributed by atoms with Crippen LogP contribution in [0.15, 0.2) is 43.0 Å². The Labute approximate surface area is 100 Å². The summed E-state index contributed by atoms with van der Waals surface area (Å²) in [6, 6.07) is 7.15. The van der Waals surface area contributed by atoms with Crippen LogP contribution in [0.5, 0.6) is 5.75 Å². The Morgan fingerprint density at radius 3 is 2.59 bits per heavy atom. The summed E-state index contributed by atoms with van der Waals surface area (Å²) in [5.41, 5.74) is 0.696. The lowest BCUT2D eigenvalue weighted by atomic mass is 10.1. The van der Waals surface area contributed by atoms with Gasteiger partial charge in [0, 0.05) is 5.56 Å². The van der Waals surface area contributed by atoms with E-state index in [4.69, 9.17) is 4.74 Å². The maximum atomic E-state index is 12.0. The lowest BCUT2D eigenvalue weighted by Crippen LogP contribution is -2.24. The van der Waals surface area contributed by atoms with Crippen molar-refractivity contribution in [2.45, 2.75) is 6.54 Å². The molecular weight excluding hydrogens is 216 g/mol. The monoisotopic (exact) mass is 231 g/mol. The van der Waals surface area contributed by atoms with Crippen molar-refractivity contribution in [2.24, 2.45) is 7.05 Å². The lowest BCUT2D eigenvalue weighted by Gasteiger charge is -2.01. The summed E-state index contributed by atoms with van der Waals surface area (Å²) in [6.45, 7) is 0.354. The molecule has 0 saturated carbocycles. The summed E-state index contributed by atoms with van der Waals surface area (Å²) in [4.78, 5) is 12.0. The largest absolute Gasteiger partial charge is 0.497 e. The van der Waals surface area contributed by atoms with Crippen LogP contribution in [0, 0.1) is 0 Å². The number of ketones is 1. The van der Waals surface area contributed by atoms with Crippen molar-refractivity contribution >= 4 is 5.78 Å². The summed E-state index contributed by atoms with van der Waals surface area (Å²) in [6.07, 6.45) is 5.66. The third-order valence-electron chi connectivity index (χ3n) is 2.56. The van der Waals surface area contributed by atoms with Crippen LogP contribution in [-0.2, 0) is 13.6 Å². The molecule has 4 heteroatoms. The molecule has 0 aliphatic carbocycles. The normalized spacial score (nSPS) is 10.2. The molecule has 0 unspecified atom stereocenters. The molecule has 0 amide bonds. The average molecular weight is 231 g/mol. The van der Waals surface area contributed by atoms with Gasteiger partial charge in [-0.25, -0.2) is 9.13 Å². The summed E-state index contributed by atoms with van der Waals surface area (Å²) in [5, 5.41) is 0. The van der Waals surface area contributed by atoms with Crippen molar-refractivity contribution in [3.8, 4) is 5.75 Å². The van der Waals surface area contributed by atoms with E-state index < -0.39 is 0 Å². The second-order valence-electron chi connectivity index (χ2n) is 3.90. The Morgan fingerprint density at radius 2 is 2.06 bits per heavy atom. The summed E-state index contributed by atoms with van der Waals surface area (Å²) in [7, 11) is 3.53. The fraction of sp³-hybridized carbons (Fsp3) is 0.231. The molecule has 0 bridgehead atoms. The molecule has 0 atom stereocenters. The quantitative estimate of drug-likeness (QED) is 0.585. The van der Waals surface area contributed by atoms with E-state index in [9.17, 15) is 4.79 Å². The third kappa shape index (κ3) is 2.72. The van der Waals surface area contributed by atoms with E-state index in [1.54, 1.807) is 31.4 Å². The molecule has 2 aromatic rings. The molecular formula is C13H15N2O2+. The van der Waals surface area contributed by atoms with Gasteiger partial charge < -0.3 is 4.74 Å². The number of ether oxygens (including phenoxy) is 1. The van der Waals surface area contributed by atoms with Crippen molar-refractivity contribution in [1.29, 1.82) is 0 Å². The number of hydrogen-bond acceptors (Lipinski definition) is 2.